The van der Waals surface area contributed by atoms with Crippen molar-refractivity contribution in [3.63, 3.8) is 0 Å². The topological polar surface area (TPSA) is 42.0 Å². The Balaban J connectivity index is 1.51. The second-order valence-corrected chi connectivity index (χ2v) is 8.03. The van der Waals surface area contributed by atoms with E-state index >= 15 is 0 Å². The number of hydrogen-bond acceptors (Lipinski definition) is 4. The lowest BCUT2D eigenvalue weighted by Gasteiger charge is -2.43. The molecule has 2 aliphatic heterocycles. The minimum atomic E-state index is -0.149. The van der Waals surface area contributed by atoms with E-state index in [1.807, 2.05) is 0 Å². The van der Waals surface area contributed by atoms with Crippen molar-refractivity contribution in [2.75, 3.05) is 47.5 Å². The first-order valence-electron chi connectivity index (χ1n) is 9.04. The Hall–Kier alpha value is -0.650. The number of carbonyl (C=O) groups excluding carboxylic acids is 1. The van der Waals surface area contributed by atoms with Crippen LogP contribution in [0.15, 0.2) is 0 Å². The van der Waals surface area contributed by atoms with Crippen molar-refractivity contribution in [1.82, 2.24) is 9.80 Å². The van der Waals surface area contributed by atoms with Gasteiger partial charge in [0.25, 0.3) is 0 Å². The number of carbonyl (C=O) groups is 1. The Labute approximate surface area is 140 Å². The maximum Gasteiger partial charge on any atom is 0.225 e. The van der Waals surface area contributed by atoms with Crippen LogP contribution in [0.25, 0.3) is 0 Å². The molecule has 2 saturated heterocycles. The Kier molecular flexibility index (Phi) is 5.00. The summed E-state index contributed by atoms with van der Waals surface area (Å²) in [6.07, 6.45) is 7.31. The van der Waals surface area contributed by atoms with E-state index in [1.165, 1.54) is 12.8 Å². The molecule has 0 aromatic heterocycles. The first-order chi connectivity index (χ1) is 11.0. The minimum Gasteiger partial charge on any atom is -0.383 e. The Morgan fingerprint density at radius 1 is 1.17 bits per heavy atom. The van der Waals surface area contributed by atoms with Crippen molar-refractivity contribution < 1.29 is 14.3 Å². The highest BCUT2D eigenvalue weighted by molar-refractivity contribution is 5.77. The van der Waals surface area contributed by atoms with Crippen molar-refractivity contribution in [2.45, 2.75) is 56.6 Å². The third-order valence-corrected chi connectivity index (χ3v) is 6.58. The SMILES string of the molecule is COCC1CC2(CCN(C(=O)CC3(OC)CCC3)CC2)CN1C. The number of methoxy groups -OCH3 is 2. The van der Waals surface area contributed by atoms with Gasteiger partial charge in [0.1, 0.15) is 0 Å². The van der Waals surface area contributed by atoms with Gasteiger partial charge in [0.05, 0.1) is 18.6 Å². The van der Waals surface area contributed by atoms with E-state index in [0.29, 0.717) is 23.8 Å². The molecule has 23 heavy (non-hydrogen) atoms. The lowest BCUT2D eigenvalue weighted by molar-refractivity contribution is -0.146. The van der Waals surface area contributed by atoms with Crippen LogP contribution in [-0.2, 0) is 14.3 Å². The van der Waals surface area contributed by atoms with Crippen molar-refractivity contribution >= 4 is 5.91 Å². The largest absolute Gasteiger partial charge is 0.383 e. The van der Waals surface area contributed by atoms with Gasteiger partial charge in [-0.2, -0.15) is 0 Å². The van der Waals surface area contributed by atoms with Crippen molar-refractivity contribution in [2.24, 2.45) is 5.41 Å². The van der Waals surface area contributed by atoms with Crippen LogP contribution in [0.5, 0.6) is 0 Å². The fourth-order valence-corrected chi connectivity index (χ4v) is 4.76. The van der Waals surface area contributed by atoms with Gasteiger partial charge in [-0.15, -0.1) is 0 Å². The maximum atomic E-state index is 12.6. The number of likely N-dealkylation sites (tertiary alicyclic amines) is 2. The summed E-state index contributed by atoms with van der Waals surface area (Å²) in [5.74, 6) is 0.293. The molecule has 1 saturated carbocycles. The molecular formula is C18H32N2O3. The Morgan fingerprint density at radius 3 is 2.39 bits per heavy atom. The van der Waals surface area contributed by atoms with Gasteiger partial charge in [-0.3, -0.25) is 4.79 Å². The molecule has 2 heterocycles. The fourth-order valence-electron chi connectivity index (χ4n) is 4.76. The van der Waals surface area contributed by atoms with Gasteiger partial charge in [-0.1, -0.05) is 0 Å². The van der Waals surface area contributed by atoms with Crippen LogP contribution in [0.4, 0.5) is 0 Å². The predicted octanol–water partition coefficient (Wildman–Crippen LogP) is 1.90. The molecule has 3 fully saturated rings. The molecule has 0 aromatic carbocycles. The average molecular weight is 324 g/mol. The summed E-state index contributed by atoms with van der Waals surface area (Å²) < 4.78 is 11.0. The summed E-state index contributed by atoms with van der Waals surface area (Å²) >= 11 is 0. The van der Waals surface area contributed by atoms with E-state index in [9.17, 15) is 4.79 Å². The normalized spacial score (nSPS) is 29.7. The number of nitrogens with zero attached hydrogens (tertiary/aromatic N) is 2. The van der Waals surface area contributed by atoms with Gasteiger partial charge in [-0.05, 0) is 51.0 Å². The van der Waals surface area contributed by atoms with Crippen molar-refractivity contribution in [3.8, 4) is 0 Å². The molecule has 5 heteroatoms. The second kappa shape index (κ2) is 6.69. The van der Waals surface area contributed by atoms with Crippen LogP contribution < -0.4 is 0 Å². The van der Waals surface area contributed by atoms with Crippen LogP contribution in [0.2, 0.25) is 0 Å². The number of rotatable bonds is 5. The van der Waals surface area contributed by atoms with E-state index < -0.39 is 0 Å². The van der Waals surface area contributed by atoms with Crippen LogP contribution in [-0.4, -0.2) is 74.9 Å². The molecule has 0 N–H and O–H groups in total. The molecule has 3 rings (SSSR count). The first-order valence-corrected chi connectivity index (χ1v) is 9.04. The fraction of sp³-hybridized carbons (Fsp3) is 0.944. The smallest absolute Gasteiger partial charge is 0.225 e. The summed E-state index contributed by atoms with van der Waals surface area (Å²) in [6.45, 7) is 3.78. The van der Waals surface area contributed by atoms with Gasteiger partial charge in [0.2, 0.25) is 5.91 Å². The van der Waals surface area contributed by atoms with E-state index in [-0.39, 0.29) is 5.60 Å². The lowest BCUT2D eigenvalue weighted by atomic mass is 9.75. The molecule has 1 amide bonds. The average Bonchev–Trinajstić information content (AvgIpc) is 2.80. The third kappa shape index (κ3) is 3.42. The summed E-state index contributed by atoms with van der Waals surface area (Å²) in [4.78, 5) is 17.1. The standard InChI is InChI=1S/C18H32N2O3/c1-19-14-17(11-15(19)13-22-2)7-9-20(10-8-17)16(21)12-18(23-3)5-4-6-18/h15H,4-14H2,1-3H3. The maximum absolute atomic E-state index is 12.6. The molecular weight excluding hydrogens is 292 g/mol. The summed E-state index contributed by atoms with van der Waals surface area (Å²) in [7, 11) is 5.74. The number of ether oxygens (including phenoxy) is 2. The number of amides is 1. The summed E-state index contributed by atoms with van der Waals surface area (Å²) in [5, 5.41) is 0. The number of hydrogen-bond donors (Lipinski definition) is 0. The van der Waals surface area contributed by atoms with E-state index in [0.717, 1.165) is 51.9 Å². The van der Waals surface area contributed by atoms with Gasteiger partial charge < -0.3 is 19.3 Å². The minimum absolute atomic E-state index is 0.149. The third-order valence-electron chi connectivity index (χ3n) is 6.58. The molecule has 1 aliphatic carbocycles. The summed E-state index contributed by atoms with van der Waals surface area (Å²) in [5.41, 5.74) is 0.244. The molecule has 0 bridgehead atoms. The monoisotopic (exact) mass is 324 g/mol. The lowest BCUT2D eigenvalue weighted by Crippen LogP contribution is -2.49. The molecule has 0 aromatic rings. The molecule has 132 valence electrons. The first kappa shape index (κ1) is 17.2. The zero-order valence-electron chi connectivity index (χ0n) is 15.0. The van der Waals surface area contributed by atoms with Crippen molar-refractivity contribution in [3.05, 3.63) is 0 Å². The number of piperidine rings is 1. The highest BCUT2D eigenvalue weighted by Crippen LogP contribution is 2.44. The van der Waals surface area contributed by atoms with Crippen molar-refractivity contribution in [1.29, 1.82) is 0 Å². The summed E-state index contributed by atoms with van der Waals surface area (Å²) in [6, 6.07) is 0.536. The Bertz CT molecular complexity index is 422. The zero-order chi connectivity index (χ0) is 16.5. The van der Waals surface area contributed by atoms with Crippen LogP contribution >= 0.6 is 0 Å². The Morgan fingerprint density at radius 2 is 1.87 bits per heavy atom. The van der Waals surface area contributed by atoms with Gasteiger partial charge >= 0.3 is 0 Å². The van der Waals surface area contributed by atoms with E-state index in [1.54, 1.807) is 14.2 Å². The van der Waals surface area contributed by atoms with Crippen LogP contribution in [0.1, 0.15) is 44.9 Å². The number of likely N-dealkylation sites (N-methyl/N-ethyl adjacent to an activating group) is 1. The highest BCUT2D eigenvalue weighted by Gasteiger charge is 2.46. The molecule has 1 unspecified atom stereocenters. The molecule has 1 atom stereocenters. The highest BCUT2D eigenvalue weighted by atomic mass is 16.5. The molecule has 0 radical (unpaired) electrons. The zero-order valence-corrected chi connectivity index (χ0v) is 15.0. The van der Waals surface area contributed by atoms with Crippen LogP contribution in [0, 0.1) is 5.41 Å². The van der Waals surface area contributed by atoms with E-state index in [4.69, 9.17) is 9.47 Å². The van der Waals surface area contributed by atoms with Crippen LogP contribution in [0.3, 0.4) is 0 Å². The van der Waals surface area contributed by atoms with Gasteiger partial charge in [0.15, 0.2) is 0 Å². The van der Waals surface area contributed by atoms with Gasteiger partial charge in [-0.25, -0.2) is 0 Å². The molecule has 3 aliphatic rings. The predicted molar refractivity (Wildman–Crippen MR) is 89.4 cm³/mol. The molecule has 1 spiro atoms. The van der Waals surface area contributed by atoms with E-state index in [2.05, 4.69) is 16.8 Å². The quantitative estimate of drug-likeness (QED) is 0.775. The second-order valence-electron chi connectivity index (χ2n) is 8.03. The molecule has 5 nitrogen and oxygen atoms in total. The van der Waals surface area contributed by atoms with Gasteiger partial charge in [0, 0.05) is 39.9 Å².